The summed E-state index contributed by atoms with van der Waals surface area (Å²) < 4.78 is 127. The first-order valence-corrected chi connectivity index (χ1v) is 38.9. The fourth-order valence-corrected chi connectivity index (χ4v) is 17.2. The summed E-state index contributed by atoms with van der Waals surface area (Å²) in [5.41, 5.74) is -1.99. The summed E-state index contributed by atoms with van der Waals surface area (Å²) in [5, 5.41) is 8.24. The number of likely N-dealkylation sites (N-methyl/N-ethyl adjacent to an activating group) is 6. The Bertz CT molecular complexity index is 3270. The van der Waals surface area contributed by atoms with Gasteiger partial charge in [0.1, 0.15) is 72.1 Å². The van der Waals surface area contributed by atoms with Crippen molar-refractivity contribution < 1.29 is 102 Å². The number of ether oxygens (including phenoxy) is 2. The van der Waals surface area contributed by atoms with Gasteiger partial charge >= 0.3 is 12.4 Å². The van der Waals surface area contributed by atoms with Crippen LogP contribution in [-0.2, 0) is 67.0 Å². The fourth-order valence-electron chi connectivity index (χ4n) is 17.2. The van der Waals surface area contributed by atoms with Gasteiger partial charge in [-0.3, -0.25) is 57.5 Å². The lowest BCUT2D eigenvalue weighted by molar-refractivity contribution is -0.219. The molecule has 12 amide bonds. The lowest BCUT2D eigenvalue weighted by Gasteiger charge is -2.42. The molecule has 0 aromatic heterocycles. The van der Waals surface area contributed by atoms with E-state index < -0.39 is 230 Å². The Morgan fingerprint density at radius 3 is 1.84 bits per heavy atom. The number of nitrogens with one attached hydrogen (secondary N) is 3. The monoisotopic (exact) mass is 1570 g/mol. The normalized spacial score (nSPS) is 32.5. The highest BCUT2D eigenvalue weighted by Gasteiger charge is 2.55. The van der Waals surface area contributed by atoms with E-state index in [4.69, 9.17) is 9.47 Å². The van der Waals surface area contributed by atoms with Gasteiger partial charge in [0, 0.05) is 81.5 Å². The molecule has 2 unspecified atom stereocenters. The Morgan fingerprint density at radius 2 is 1.25 bits per heavy atom. The maximum Gasteiger partial charge on any atom is 0.397 e. The molecule has 4 heterocycles. The van der Waals surface area contributed by atoms with E-state index >= 15 is 47.1 Å². The van der Waals surface area contributed by atoms with Gasteiger partial charge < -0.3 is 69.5 Å². The first kappa shape index (κ1) is 89.7. The predicted octanol–water partition coefficient (Wildman–Crippen LogP) is 5.90. The number of fused-ring (bicyclic) bond motifs is 3. The average Bonchev–Trinajstić information content (AvgIpc) is 1.34. The summed E-state index contributed by atoms with van der Waals surface area (Å²) >= 11 is 0. The summed E-state index contributed by atoms with van der Waals surface area (Å²) in [5.74, 6) is -17.3. The summed E-state index contributed by atoms with van der Waals surface area (Å²) in [6.07, 6.45) is -14.8. The van der Waals surface area contributed by atoms with Crippen molar-refractivity contribution in [1.29, 1.82) is 0 Å². The van der Waals surface area contributed by atoms with Crippen molar-refractivity contribution in [3.63, 3.8) is 0 Å². The molecule has 3 saturated carbocycles. The third-order valence-corrected chi connectivity index (χ3v) is 24.0. The Labute approximate surface area is 640 Å². The summed E-state index contributed by atoms with van der Waals surface area (Å²) in [6.45, 7) is 12.7. The van der Waals surface area contributed by atoms with Crippen LogP contribution in [0.25, 0.3) is 0 Å². The largest absolute Gasteiger partial charge is 0.397 e. The molecule has 7 rings (SSSR count). The Kier molecular flexibility index (Phi) is 32.0. The minimum atomic E-state index is -5.23. The number of nitrogens with zero attached hydrogens (tertiary/aromatic N) is 9. The molecular formula is C76H116F8N12O14. The molecular weight excluding hydrogens is 1460 g/mol. The Hall–Kier alpha value is -7.52. The number of carbonyl (C=O) groups excluding carboxylic acids is 12. The van der Waals surface area contributed by atoms with Gasteiger partial charge in [-0.2, -0.15) is 26.3 Å². The van der Waals surface area contributed by atoms with Gasteiger partial charge in [-0.05, 0) is 140 Å². The average molecular weight is 1570 g/mol. The lowest BCUT2D eigenvalue weighted by atomic mass is 9.76. The standard InChI is InChI=1S/C76H116F8N12O14/c1-13-21-54-65(100)86-63(45(5)15-3)71(106)89(8)44-61(99)91(10)55-24-19-20-32-95(70(55)105)58(39-46-25-28-49(29-26-46)75(79,80)81)68(103)88(7)43-59(97)85-53(30-27-47-37-51(77)62(52(78)38-47)76(82,83)84)67(102)96-42-50(110-16-4)40-56(96)66(101)87-74(6,31-14-2)73(108)93(12)64(48-22-17-18-23-48)72(107)92(11)57(41-60(98)90(54)9)69(104)94-33-35-109-36-34-94/h13-14,45-58,62-64H,1-2,15-44H2,3-12H3,(H,85,97)(H,86,100)(H,87,101)/t45-,46?,47?,49?,50+,51?,52?,53-,54-,55-,56-,57-,58-,62?,63-,64-,74+/m0/s1. The number of carbonyl (C=O) groups is 12. The van der Waals surface area contributed by atoms with Crippen molar-refractivity contribution in [2.75, 3.05) is 101 Å². The molecule has 13 atom stereocenters. The lowest BCUT2D eigenvalue weighted by Crippen LogP contribution is -2.65. The highest BCUT2D eigenvalue weighted by Crippen LogP contribution is 2.45. The van der Waals surface area contributed by atoms with Crippen molar-refractivity contribution in [3.8, 4) is 0 Å². The number of alkyl halides is 8. The van der Waals surface area contributed by atoms with Crippen LogP contribution in [0, 0.1) is 35.5 Å². The molecule has 0 spiro atoms. The SMILES string of the molecule is C=CC[C@H]1C(=O)N[C@@H]([C@@H](C)CC)C(=O)N(C)CC(=O)N(C)[C@H]2CCCCN(C2=O)[C@@H](CC2CCC(C(F)(F)F)CC2)C(=O)N(C)CC(=O)N[C@@H](CCC2CC(F)C(C(F)(F)F)C(F)C2)C(=O)N2C[C@H](OCC)C[C@H]2C(=O)N[C@](C)(CC=C)C(=O)N(C)[C@@H](C2CCCC2)C(=O)N(C)[C@H](C(=O)N2CCOCC2)CC(=O)N1C. The number of halogens is 8. The molecule has 3 aliphatic carbocycles. The second-order valence-electron chi connectivity index (χ2n) is 31.6. The number of morpholine rings is 1. The topological polar surface area (TPSA) is 289 Å². The van der Waals surface area contributed by atoms with E-state index in [1.807, 2.05) is 0 Å². The molecule has 0 radical (unpaired) electrons. The van der Waals surface area contributed by atoms with Crippen LogP contribution in [0.2, 0.25) is 0 Å². The molecule has 3 N–H and O–H groups in total. The molecule has 7 aliphatic rings. The molecule has 4 saturated heterocycles. The van der Waals surface area contributed by atoms with Crippen molar-refractivity contribution in [2.24, 2.45) is 35.5 Å². The fraction of sp³-hybridized carbons (Fsp3) is 0.789. The third kappa shape index (κ3) is 22.0. The molecule has 34 heteroatoms. The van der Waals surface area contributed by atoms with Crippen LogP contribution in [0.3, 0.4) is 0 Å². The number of rotatable bonds is 15. The summed E-state index contributed by atoms with van der Waals surface area (Å²) in [7, 11) is 7.86. The van der Waals surface area contributed by atoms with Crippen LogP contribution in [0.4, 0.5) is 35.1 Å². The predicted molar refractivity (Wildman–Crippen MR) is 387 cm³/mol. The number of hydrogen-bond acceptors (Lipinski definition) is 14. The van der Waals surface area contributed by atoms with Crippen LogP contribution in [0.15, 0.2) is 25.3 Å². The molecule has 7 fully saturated rings. The minimum Gasteiger partial charge on any atom is -0.378 e. The molecule has 620 valence electrons. The van der Waals surface area contributed by atoms with Gasteiger partial charge in [0.25, 0.3) is 0 Å². The first-order valence-electron chi connectivity index (χ1n) is 38.9. The van der Waals surface area contributed by atoms with Gasteiger partial charge in [0.2, 0.25) is 70.9 Å². The van der Waals surface area contributed by atoms with Crippen LogP contribution in [0.1, 0.15) is 163 Å². The number of amides is 12. The first-order chi connectivity index (χ1) is 51.7. The summed E-state index contributed by atoms with van der Waals surface area (Å²) in [6, 6.07) is -11.7. The van der Waals surface area contributed by atoms with E-state index in [9.17, 15) is 45.5 Å². The highest BCUT2D eigenvalue weighted by atomic mass is 19.4. The Morgan fingerprint density at radius 1 is 0.636 bits per heavy atom. The molecule has 0 aromatic rings. The van der Waals surface area contributed by atoms with Crippen LogP contribution in [-0.4, -0.2) is 301 Å². The molecule has 4 aliphatic heterocycles. The van der Waals surface area contributed by atoms with Gasteiger partial charge in [-0.15, -0.1) is 13.2 Å². The van der Waals surface area contributed by atoms with E-state index in [1.165, 1.54) is 76.1 Å². The van der Waals surface area contributed by atoms with Crippen LogP contribution >= 0.6 is 0 Å². The molecule has 110 heavy (non-hydrogen) atoms. The highest BCUT2D eigenvalue weighted by molar-refractivity contribution is 6.01. The quantitative estimate of drug-likeness (QED) is 0.127. The second kappa shape index (κ2) is 39.3. The van der Waals surface area contributed by atoms with Crippen molar-refractivity contribution in [2.45, 2.75) is 247 Å². The molecule has 26 nitrogen and oxygen atoms in total. The maximum atomic E-state index is 15.7. The zero-order valence-corrected chi connectivity index (χ0v) is 65.4. The third-order valence-electron chi connectivity index (χ3n) is 24.0. The zero-order valence-electron chi connectivity index (χ0n) is 65.4. The van der Waals surface area contributed by atoms with Crippen LogP contribution < -0.4 is 16.0 Å². The molecule has 2 bridgehead atoms. The minimum absolute atomic E-state index is 0.00327. The van der Waals surface area contributed by atoms with Crippen molar-refractivity contribution in [1.82, 2.24) is 60.0 Å². The smallest absolute Gasteiger partial charge is 0.378 e. The van der Waals surface area contributed by atoms with Crippen LogP contribution in [0.5, 0.6) is 0 Å². The Balaban J connectivity index is 1.33. The van der Waals surface area contributed by atoms with Gasteiger partial charge in [-0.25, -0.2) is 8.78 Å². The van der Waals surface area contributed by atoms with Crippen molar-refractivity contribution >= 4 is 70.9 Å². The second-order valence-corrected chi connectivity index (χ2v) is 31.6. The maximum absolute atomic E-state index is 15.7. The van der Waals surface area contributed by atoms with Gasteiger partial charge in [0.15, 0.2) is 0 Å². The summed E-state index contributed by atoms with van der Waals surface area (Å²) in [4.78, 5) is 192. The van der Waals surface area contributed by atoms with E-state index in [-0.39, 0.29) is 117 Å². The van der Waals surface area contributed by atoms with Gasteiger partial charge in [0.05, 0.1) is 44.7 Å². The van der Waals surface area contributed by atoms with E-state index in [0.717, 1.165) is 29.4 Å². The van der Waals surface area contributed by atoms with Gasteiger partial charge in [-0.1, -0.05) is 45.3 Å². The van der Waals surface area contributed by atoms with E-state index in [1.54, 1.807) is 20.8 Å². The number of hydrogen-bond donors (Lipinski definition) is 3. The van der Waals surface area contributed by atoms with Crippen molar-refractivity contribution in [3.05, 3.63) is 25.3 Å². The zero-order chi connectivity index (χ0) is 81.6. The van der Waals surface area contributed by atoms with E-state index in [2.05, 4.69) is 29.1 Å². The molecule has 0 aromatic carbocycles. The van der Waals surface area contributed by atoms with E-state index in [0.29, 0.717) is 38.5 Å².